The third-order valence-electron chi connectivity index (χ3n) is 7.85. The van der Waals surface area contributed by atoms with E-state index in [0.29, 0.717) is 23.2 Å². The van der Waals surface area contributed by atoms with Gasteiger partial charge in [0.05, 0.1) is 11.4 Å². The van der Waals surface area contributed by atoms with Gasteiger partial charge in [-0.3, -0.25) is 0 Å². The first-order valence-electron chi connectivity index (χ1n) is 9.67. The van der Waals surface area contributed by atoms with Crippen LogP contribution in [0.1, 0.15) is 49.7 Å². The number of benzene rings is 2. The van der Waals surface area contributed by atoms with Crippen LogP contribution < -0.4 is 11.5 Å². The minimum atomic E-state index is 0.0567. The van der Waals surface area contributed by atoms with Crippen molar-refractivity contribution in [1.29, 1.82) is 0 Å². The molecular formula is C22H26N2O2. The molecule has 136 valence electrons. The lowest BCUT2D eigenvalue weighted by Gasteiger charge is -2.50. The van der Waals surface area contributed by atoms with E-state index in [1.807, 2.05) is 12.1 Å². The van der Waals surface area contributed by atoms with E-state index in [1.54, 1.807) is 12.1 Å². The zero-order valence-electron chi connectivity index (χ0n) is 14.9. The minimum Gasteiger partial charge on any atom is -0.506 e. The van der Waals surface area contributed by atoms with Gasteiger partial charge in [0, 0.05) is 10.8 Å². The Balaban J connectivity index is 1.76. The summed E-state index contributed by atoms with van der Waals surface area (Å²) in [5, 5.41) is 19.9. The summed E-state index contributed by atoms with van der Waals surface area (Å²) in [6, 6.07) is 11.7. The average Bonchev–Trinajstić information content (AvgIpc) is 3.31. The summed E-state index contributed by atoms with van der Waals surface area (Å²) >= 11 is 0. The molecule has 4 atom stereocenters. The molecule has 4 heteroatoms. The van der Waals surface area contributed by atoms with Gasteiger partial charge in [-0.25, -0.2) is 0 Å². The van der Waals surface area contributed by atoms with Crippen molar-refractivity contribution in [3.05, 3.63) is 47.5 Å². The fourth-order valence-corrected chi connectivity index (χ4v) is 7.04. The van der Waals surface area contributed by atoms with Crippen LogP contribution in [0.25, 0.3) is 0 Å². The van der Waals surface area contributed by atoms with Crippen LogP contribution in [0.2, 0.25) is 0 Å². The van der Waals surface area contributed by atoms with Crippen LogP contribution in [0.15, 0.2) is 36.4 Å². The third-order valence-corrected chi connectivity index (χ3v) is 7.85. The van der Waals surface area contributed by atoms with Crippen molar-refractivity contribution in [3.63, 3.8) is 0 Å². The van der Waals surface area contributed by atoms with Gasteiger partial charge in [-0.05, 0) is 79.3 Å². The average molecular weight is 350 g/mol. The Morgan fingerprint density at radius 1 is 0.769 bits per heavy atom. The number of hydrogen-bond acceptors (Lipinski definition) is 4. The molecule has 3 saturated carbocycles. The van der Waals surface area contributed by atoms with E-state index < -0.39 is 0 Å². The molecule has 3 aliphatic carbocycles. The zero-order chi connectivity index (χ0) is 18.1. The smallest absolute Gasteiger partial charge is 0.138 e. The minimum absolute atomic E-state index is 0.0567. The van der Waals surface area contributed by atoms with Crippen LogP contribution in [0.4, 0.5) is 11.4 Å². The maximum absolute atomic E-state index is 9.94. The molecule has 4 nitrogen and oxygen atoms in total. The predicted molar refractivity (Wildman–Crippen MR) is 103 cm³/mol. The second kappa shape index (κ2) is 5.09. The lowest BCUT2D eigenvalue weighted by Crippen LogP contribution is -2.49. The van der Waals surface area contributed by atoms with Gasteiger partial charge < -0.3 is 21.7 Å². The van der Waals surface area contributed by atoms with Crippen molar-refractivity contribution in [2.45, 2.75) is 49.4 Å². The molecule has 2 bridgehead atoms. The fourth-order valence-electron chi connectivity index (χ4n) is 7.04. The molecule has 0 aromatic heterocycles. The van der Waals surface area contributed by atoms with Crippen LogP contribution in [0.3, 0.4) is 0 Å². The highest BCUT2D eigenvalue weighted by Gasteiger charge is 2.69. The first-order valence-corrected chi connectivity index (χ1v) is 9.67. The van der Waals surface area contributed by atoms with E-state index in [1.165, 1.54) is 36.8 Å². The highest BCUT2D eigenvalue weighted by Crippen LogP contribution is 2.74. The number of fused-ring (bicyclic) bond motifs is 5. The van der Waals surface area contributed by atoms with Crippen molar-refractivity contribution in [1.82, 2.24) is 0 Å². The first kappa shape index (κ1) is 15.9. The SMILES string of the molecule is Nc1cc(C23CCCC2(c2ccc(O)c(N)c2)C2CCC3C2)ccc1O. The molecule has 3 aliphatic rings. The number of rotatable bonds is 2. The van der Waals surface area contributed by atoms with Gasteiger partial charge in [0.2, 0.25) is 0 Å². The number of anilines is 2. The summed E-state index contributed by atoms with van der Waals surface area (Å²) in [6.45, 7) is 0. The maximum Gasteiger partial charge on any atom is 0.138 e. The molecule has 0 spiro atoms. The van der Waals surface area contributed by atoms with E-state index in [0.717, 1.165) is 12.8 Å². The number of nitrogen functional groups attached to an aromatic ring is 2. The van der Waals surface area contributed by atoms with Gasteiger partial charge >= 0.3 is 0 Å². The van der Waals surface area contributed by atoms with Gasteiger partial charge in [-0.15, -0.1) is 0 Å². The van der Waals surface area contributed by atoms with Gasteiger partial charge in [0.1, 0.15) is 11.5 Å². The molecule has 0 aliphatic heterocycles. The van der Waals surface area contributed by atoms with Crippen molar-refractivity contribution in [2.75, 3.05) is 11.5 Å². The van der Waals surface area contributed by atoms with Gasteiger partial charge in [0.25, 0.3) is 0 Å². The Bertz CT molecular complexity index is 824. The van der Waals surface area contributed by atoms with Crippen LogP contribution >= 0.6 is 0 Å². The van der Waals surface area contributed by atoms with Gasteiger partial charge in [-0.2, -0.15) is 0 Å². The second-order valence-corrected chi connectivity index (χ2v) is 8.55. The molecule has 26 heavy (non-hydrogen) atoms. The Morgan fingerprint density at radius 3 is 1.65 bits per heavy atom. The van der Waals surface area contributed by atoms with E-state index >= 15 is 0 Å². The Morgan fingerprint density at radius 2 is 1.23 bits per heavy atom. The maximum atomic E-state index is 9.94. The second-order valence-electron chi connectivity index (χ2n) is 8.55. The highest BCUT2D eigenvalue weighted by atomic mass is 16.3. The monoisotopic (exact) mass is 350 g/mol. The number of nitrogens with two attached hydrogens (primary N) is 2. The van der Waals surface area contributed by atoms with E-state index in [4.69, 9.17) is 11.5 Å². The number of hydrogen-bond donors (Lipinski definition) is 4. The summed E-state index contributed by atoms with van der Waals surface area (Å²) in [4.78, 5) is 0. The van der Waals surface area contributed by atoms with E-state index in [2.05, 4.69) is 12.1 Å². The summed E-state index contributed by atoms with van der Waals surface area (Å²) in [5.41, 5.74) is 15.8. The Labute approximate surface area is 153 Å². The quantitative estimate of drug-likeness (QED) is 0.485. The van der Waals surface area contributed by atoms with Crippen LogP contribution in [0, 0.1) is 11.8 Å². The number of aromatic hydroxyl groups is 2. The molecule has 0 amide bonds. The van der Waals surface area contributed by atoms with Crippen molar-refractivity contribution in [3.8, 4) is 11.5 Å². The first-order chi connectivity index (χ1) is 12.5. The predicted octanol–water partition coefficient (Wildman–Crippen LogP) is 4.05. The highest BCUT2D eigenvalue weighted by molar-refractivity contribution is 5.60. The largest absolute Gasteiger partial charge is 0.506 e. The van der Waals surface area contributed by atoms with Crippen molar-refractivity contribution >= 4 is 11.4 Å². The summed E-state index contributed by atoms with van der Waals surface area (Å²) in [6.07, 6.45) is 7.27. The summed E-state index contributed by atoms with van der Waals surface area (Å²) in [7, 11) is 0. The normalized spacial score (nSPS) is 34.9. The van der Waals surface area contributed by atoms with Gasteiger partial charge in [0.15, 0.2) is 0 Å². The van der Waals surface area contributed by atoms with E-state index in [9.17, 15) is 10.2 Å². The molecule has 3 fully saturated rings. The summed E-state index contributed by atoms with van der Waals surface area (Å²) in [5.74, 6) is 1.61. The molecule has 5 rings (SSSR count). The molecule has 6 N–H and O–H groups in total. The lowest BCUT2D eigenvalue weighted by atomic mass is 9.52. The van der Waals surface area contributed by atoms with Crippen LogP contribution in [-0.2, 0) is 10.8 Å². The fraction of sp³-hybridized carbons (Fsp3) is 0.455. The molecule has 0 saturated heterocycles. The van der Waals surface area contributed by atoms with Crippen LogP contribution in [0.5, 0.6) is 11.5 Å². The van der Waals surface area contributed by atoms with Crippen molar-refractivity contribution in [2.24, 2.45) is 11.8 Å². The van der Waals surface area contributed by atoms with Gasteiger partial charge in [-0.1, -0.05) is 18.6 Å². The molecule has 0 heterocycles. The summed E-state index contributed by atoms with van der Waals surface area (Å²) < 4.78 is 0. The molecule has 0 radical (unpaired) electrons. The molecule has 2 aromatic rings. The number of phenolic OH excluding ortho intramolecular Hbond substituents is 2. The Kier molecular flexibility index (Phi) is 3.10. The molecule has 2 aromatic carbocycles. The standard InChI is InChI=1S/C22H26N2O2/c23-17-11-15(4-6-19(17)25)21-8-1-9-22(21,14-3-2-13(21)10-14)16-5-7-20(26)18(24)12-16/h4-7,11-14,25-26H,1-3,8-10,23-24H2. The van der Waals surface area contributed by atoms with E-state index in [-0.39, 0.29) is 22.3 Å². The Hall–Kier alpha value is -2.36. The van der Waals surface area contributed by atoms with Crippen molar-refractivity contribution < 1.29 is 10.2 Å². The third kappa shape index (κ3) is 1.70. The molecular weight excluding hydrogens is 324 g/mol. The zero-order valence-corrected chi connectivity index (χ0v) is 14.9. The number of phenols is 2. The topological polar surface area (TPSA) is 92.5 Å². The molecule has 4 unspecified atom stereocenters. The lowest BCUT2D eigenvalue weighted by molar-refractivity contribution is 0.156. The van der Waals surface area contributed by atoms with Crippen LogP contribution in [-0.4, -0.2) is 10.2 Å².